The first-order valence-electron chi connectivity index (χ1n) is 11.4. The molecule has 1 saturated carbocycles. The molecule has 34 heavy (non-hydrogen) atoms. The number of likely N-dealkylation sites (tertiary alicyclic amines) is 1. The maximum Gasteiger partial charge on any atom is 0.411 e. The van der Waals surface area contributed by atoms with Crippen LogP contribution in [0.4, 0.5) is 10.5 Å². The minimum atomic E-state index is -0.636. The minimum Gasteiger partial charge on any atom is -0.461 e. The van der Waals surface area contributed by atoms with Crippen LogP contribution < -0.4 is 10.9 Å². The second-order valence-corrected chi connectivity index (χ2v) is 8.38. The molecule has 1 aromatic carbocycles. The topological polar surface area (TPSA) is 132 Å². The molecule has 1 saturated heterocycles. The van der Waals surface area contributed by atoms with Gasteiger partial charge in [0.25, 0.3) is 0 Å². The Morgan fingerprint density at radius 1 is 1.06 bits per heavy atom. The highest BCUT2D eigenvalue weighted by Gasteiger charge is 2.47. The molecule has 2 heterocycles. The van der Waals surface area contributed by atoms with Crippen molar-refractivity contribution >= 4 is 40.5 Å². The normalized spacial score (nSPS) is 19.7. The van der Waals surface area contributed by atoms with Crippen molar-refractivity contribution in [3.8, 4) is 0 Å². The number of nitrogens with zero attached hydrogens (tertiary/aromatic N) is 1. The van der Waals surface area contributed by atoms with E-state index >= 15 is 0 Å². The molecule has 0 radical (unpaired) electrons. The Kier molecular flexibility index (Phi) is 6.95. The van der Waals surface area contributed by atoms with E-state index in [1.807, 2.05) is 0 Å². The highest BCUT2D eigenvalue weighted by atomic mass is 16.5. The number of benzene rings is 1. The van der Waals surface area contributed by atoms with E-state index < -0.39 is 17.7 Å². The van der Waals surface area contributed by atoms with Gasteiger partial charge in [0, 0.05) is 35.3 Å². The summed E-state index contributed by atoms with van der Waals surface area (Å²) in [6, 6.07) is 5.94. The van der Waals surface area contributed by atoms with Gasteiger partial charge in [0.05, 0.1) is 24.9 Å². The van der Waals surface area contributed by atoms with Gasteiger partial charge in [0.15, 0.2) is 0 Å². The fourth-order valence-corrected chi connectivity index (χ4v) is 4.60. The maximum atomic E-state index is 12.5. The number of carbonyl (C=O) groups is 4. The van der Waals surface area contributed by atoms with Crippen LogP contribution in [0.2, 0.25) is 0 Å². The minimum absolute atomic E-state index is 0.00986. The Morgan fingerprint density at radius 2 is 1.76 bits per heavy atom. The van der Waals surface area contributed by atoms with E-state index in [-0.39, 0.29) is 55.4 Å². The van der Waals surface area contributed by atoms with Crippen LogP contribution in [0.3, 0.4) is 0 Å². The van der Waals surface area contributed by atoms with Crippen LogP contribution >= 0.6 is 0 Å². The predicted octanol–water partition coefficient (Wildman–Crippen LogP) is 2.97. The van der Waals surface area contributed by atoms with Gasteiger partial charge in [-0.1, -0.05) is 12.8 Å². The summed E-state index contributed by atoms with van der Waals surface area (Å²) in [5.41, 5.74) is 0.386. The maximum absolute atomic E-state index is 12.5. The molecule has 3 amide bonds. The summed E-state index contributed by atoms with van der Waals surface area (Å²) in [4.78, 5) is 62.2. The van der Waals surface area contributed by atoms with E-state index in [9.17, 15) is 24.0 Å². The molecule has 0 unspecified atom stereocenters. The summed E-state index contributed by atoms with van der Waals surface area (Å²) >= 11 is 0. The van der Waals surface area contributed by atoms with Gasteiger partial charge < -0.3 is 13.9 Å². The van der Waals surface area contributed by atoms with E-state index in [1.165, 1.54) is 17.0 Å². The van der Waals surface area contributed by atoms with Gasteiger partial charge >= 0.3 is 17.7 Å². The number of ether oxygens (including phenoxy) is 2. The predicted molar refractivity (Wildman–Crippen MR) is 120 cm³/mol. The lowest BCUT2D eigenvalue weighted by Crippen LogP contribution is -2.33. The largest absolute Gasteiger partial charge is 0.461 e. The Bertz CT molecular complexity index is 1160. The van der Waals surface area contributed by atoms with Crippen LogP contribution in [-0.4, -0.2) is 41.9 Å². The number of carbonyl (C=O) groups excluding carboxylic acids is 4. The molecule has 1 aliphatic carbocycles. The first-order valence-corrected chi connectivity index (χ1v) is 11.4. The fourth-order valence-electron chi connectivity index (χ4n) is 4.60. The molecule has 0 bridgehead atoms. The number of hydrogen-bond acceptors (Lipinski definition) is 8. The van der Waals surface area contributed by atoms with Crippen LogP contribution in [0.15, 0.2) is 33.5 Å². The summed E-state index contributed by atoms with van der Waals surface area (Å²) in [5.74, 6) is -1.48. The van der Waals surface area contributed by atoms with Crippen molar-refractivity contribution in [2.45, 2.75) is 45.6 Å². The second kappa shape index (κ2) is 10.1. The zero-order valence-electron chi connectivity index (χ0n) is 18.8. The lowest BCUT2D eigenvalue weighted by molar-refractivity contribution is -0.146. The van der Waals surface area contributed by atoms with Crippen LogP contribution in [0, 0.1) is 11.8 Å². The van der Waals surface area contributed by atoms with Gasteiger partial charge in [-0.05, 0) is 31.9 Å². The van der Waals surface area contributed by atoms with Crippen molar-refractivity contribution in [2.75, 3.05) is 18.5 Å². The lowest BCUT2D eigenvalue weighted by atomic mass is 9.81. The van der Waals surface area contributed by atoms with Crippen molar-refractivity contribution in [1.29, 1.82) is 0 Å². The SMILES string of the molecule is CCOC(=O)Nc1ccc2c(COC(=O)CCN3C(=O)[C@@H]4CCCC[C@H]4C3=O)cc(=O)oc2c1. The van der Waals surface area contributed by atoms with Crippen molar-refractivity contribution in [3.05, 3.63) is 40.2 Å². The summed E-state index contributed by atoms with van der Waals surface area (Å²) in [5, 5.41) is 3.06. The van der Waals surface area contributed by atoms with E-state index in [4.69, 9.17) is 13.9 Å². The number of anilines is 1. The van der Waals surface area contributed by atoms with Crippen molar-refractivity contribution in [2.24, 2.45) is 11.8 Å². The smallest absolute Gasteiger partial charge is 0.411 e. The molecule has 0 spiro atoms. The summed E-state index contributed by atoms with van der Waals surface area (Å²) < 4.78 is 15.3. The molecule has 180 valence electrons. The van der Waals surface area contributed by atoms with Crippen molar-refractivity contribution in [1.82, 2.24) is 4.90 Å². The average Bonchev–Trinajstić information content (AvgIpc) is 3.05. The Balaban J connectivity index is 1.37. The standard InChI is InChI=1S/C24H26N2O8/c1-2-32-24(31)25-15-7-8-16-14(11-21(28)34-19(16)12-15)13-33-20(27)9-10-26-22(29)17-5-3-4-6-18(17)23(26)30/h7-8,11-12,17-18H,2-6,9-10,13H2,1H3,(H,25,31)/t17-,18-/m1/s1. The number of fused-ring (bicyclic) bond motifs is 2. The Morgan fingerprint density at radius 3 is 2.44 bits per heavy atom. The van der Waals surface area contributed by atoms with Gasteiger partial charge in [0.2, 0.25) is 11.8 Å². The summed E-state index contributed by atoms with van der Waals surface area (Å²) in [6.07, 6.45) is 2.56. The van der Waals surface area contributed by atoms with Crippen LogP contribution in [-0.2, 0) is 30.5 Å². The quantitative estimate of drug-likeness (QED) is 0.371. The number of nitrogens with one attached hydrogen (secondary N) is 1. The monoisotopic (exact) mass is 470 g/mol. The van der Waals surface area contributed by atoms with Crippen LogP contribution in [0.5, 0.6) is 0 Å². The molecule has 1 aliphatic heterocycles. The highest BCUT2D eigenvalue weighted by molar-refractivity contribution is 6.05. The van der Waals surface area contributed by atoms with E-state index in [0.29, 0.717) is 16.6 Å². The number of rotatable bonds is 7. The number of amides is 3. The molecule has 2 aromatic rings. The number of hydrogen-bond donors (Lipinski definition) is 1. The van der Waals surface area contributed by atoms with Gasteiger partial charge in [-0.3, -0.25) is 24.6 Å². The molecule has 2 fully saturated rings. The third-order valence-electron chi connectivity index (χ3n) is 6.21. The van der Waals surface area contributed by atoms with E-state index in [0.717, 1.165) is 25.7 Å². The number of imide groups is 1. The molecule has 10 heteroatoms. The third kappa shape index (κ3) is 4.95. The molecule has 2 aliphatic rings. The number of esters is 1. The average molecular weight is 470 g/mol. The first-order chi connectivity index (χ1) is 16.4. The Labute approximate surface area is 195 Å². The lowest BCUT2D eigenvalue weighted by Gasteiger charge is -2.19. The molecule has 1 N–H and O–H groups in total. The molecule has 4 rings (SSSR count). The van der Waals surface area contributed by atoms with Crippen molar-refractivity contribution in [3.63, 3.8) is 0 Å². The van der Waals surface area contributed by atoms with Gasteiger partial charge in [-0.2, -0.15) is 0 Å². The Hall–Kier alpha value is -3.69. The molecule has 1 aromatic heterocycles. The molecule has 2 atom stereocenters. The zero-order valence-corrected chi connectivity index (χ0v) is 18.8. The zero-order chi connectivity index (χ0) is 24.2. The summed E-state index contributed by atoms with van der Waals surface area (Å²) in [6.45, 7) is 1.70. The first kappa shape index (κ1) is 23.5. The molecule has 10 nitrogen and oxygen atoms in total. The fraction of sp³-hybridized carbons (Fsp3) is 0.458. The molecular weight excluding hydrogens is 444 g/mol. The van der Waals surface area contributed by atoms with Crippen LogP contribution in [0.25, 0.3) is 11.0 Å². The van der Waals surface area contributed by atoms with Gasteiger partial charge in [0.1, 0.15) is 12.2 Å². The van der Waals surface area contributed by atoms with Crippen molar-refractivity contribution < 1.29 is 33.1 Å². The summed E-state index contributed by atoms with van der Waals surface area (Å²) in [7, 11) is 0. The second-order valence-electron chi connectivity index (χ2n) is 8.38. The third-order valence-corrected chi connectivity index (χ3v) is 6.21. The van der Waals surface area contributed by atoms with Crippen LogP contribution in [0.1, 0.15) is 44.6 Å². The van der Waals surface area contributed by atoms with E-state index in [1.54, 1.807) is 19.1 Å². The van der Waals surface area contributed by atoms with Gasteiger partial charge in [-0.25, -0.2) is 9.59 Å². The van der Waals surface area contributed by atoms with E-state index in [2.05, 4.69) is 5.32 Å². The molecular formula is C24H26N2O8. The van der Waals surface area contributed by atoms with Gasteiger partial charge in [-0.15, -0.1) is 0 Å². The highest BCUT2D eigenvalue weighted by Crippen LogP contribution is 2.38.